The number of benzene rings is 1. The molecule has 2 heterocycles. The van der Waals surface area contributed by atoms with Crippen molar-refractivity contribution in [1.29, 1.82) is 0 Å². The van der Waals surface area contributed by atoms with Crippen LogP contribution in [0.25, 0.3) is 21.9 Å². The largest absolute Gasteiger partial charge is 0.219 e. The van der Waals surface area contributed by atoms with Crippen LogP contribution >= 0.6 is 11.7 Å². The molecule has 3 nitrogen and oxygen atoms in total. The van der Waals surface area contributed by atoms with Crippen LogP contribution in [-0.2, 0) is 0 Å². The van der Waals surface area contributed by atoms with E-state index in [2.05, 4.69) is 13.7 Å². The number of fused-ring (bicyclic) bond motifs is 2. The average Bonchev–Trinajstić information content (AvgIpc) is 2.75. The van der Waals surface area contributed by atoms with Gasteiger partial charge < -0.3 is 0 Å². The van der Waals surface area contributed by atoms with Crippen LogP contribution in [0, 0.1) is 19.8 Å². The van der Waals surface area contributed by atoms with Gasteiger partial charge in [-0.1, -0.05) is 0 Å². The Morgan fingerprint density at radius 1 is 1.00 bits per heavy atom. The molecule has 0 bridgehead atoms. The fraction of sp³-hybridized carbons (Fsp3) is 0.182. The highest BCUT2D eigenvalue weighted by atomic mass is 32.1. The van der Waals surface area contributed by atoms with Crippen LogP contribution in [0.5, 0.6) is 0 Å². The Kier molecular flexibility index (Phi) is 1.91. The summed E-state index contributed by atoms with van der Waals surface area (Å²) in [6, 6.07) is 3.12. The van der Waals surface area contributed by atoms with E-state index in [1.807, 2.05) is 13.8 Å². The average molecular weight is 233 g/mol. The van der Waals surface area contributed by atoms with Gasteiger partial charge >= 0.3 is 0 Å². The number of nitrogens with zero attached hydrogens (tertiary/aromatic N) is 3. The highest BCUT2D eigenvalue weighted by Gasteiger charge is 2.13. The first-order chi connectivity index (χ1) is 7.68. The number of hydrogen-bond acceptors (Lipinski definition) is 4. The first-order valence-electron chi connectivity index (χ1n) is 4.86. The van der Waals surface area contributed by atoms with Gasteiger partial charge in [0.2, 0.25) is 5.95 Å². The monoisotopic (exact) mass is 233 g/mol. The van der Waals surface area contributed by atoms with Crippen LogP contribution in [-0.4, -0.2) is 13.7 Å². The zero-order valence-electron chi connectivity index (χ0n) is 8.78. The molecule has 0 fully saturated rings. The van der Waals surface area contributed by atoms with Gasteiger partial charge in [0.15, 0.2) is 0 Å². The van der Waals surface area contributed by atoms with Crippen molar-refractivity contribution < 1.29 is 4.39 Å². The van der Waals surface area contributed by atoms with Crippen molar-refractivity contribution >= 4 is 33.7 Å². The SMILES string of the molecule is Cc1c2ccc(F)nc2c(C)c2nsnc12. The molecule has 0 spiro atoms. The lowest BCUT2D eigenvalue weighted by molar-refractivity contribution is 0.589. The van der Waals surface area contributed by atoms with Crippen LogP contribution in [0.15, 0.2) is 12.1 Å². The van der Waals surface area contributed by atoms with E-state index in [0.717, 1.165) is 27.5 Å². The van der Waals surface area contributed by atoms with Gasteiger partial charge in [0.25, 0.3) is 0 Å². The van der Waals surface area contributed by atoms with Crippen LogP contribution in [0.4, 0.5) is 4.39 Å². The molecule has 3 aromatic rings. The first-order valence-corrected chi connectivity index (χ1v) is 5.59. The Balaban J connectivity index is 2.64. The van der Waals surface area contributed by atoms with Gasteiger partial charge in [0.05, 0.1) is 17.2 Å². The zero-order valence-corrected chi connectivity index (χ0v) is 9.60. The molecule has 16 heavy (non-hydrogen) atoms. The van der Waals surface area contributed by atoms with E-state index in [0.29, 0.717) is 5.52 Å². The molecule has 0 amide bonds. The summed E-state index contributed by atoms with van der Waals surface area (Å²) in [7, 11) is 0. The summed E-state index contributed by atoms with van der Waals surface area (Å²) in [5.74, 6) is -0.461. The van der Waals surface area contributed by atoms with Gasteiger partial charge in [-0.25, -0.2) is 4.98 Å². The summed E-state index contributed by atoms with van der Waals surface area (Å²) < 4.78 is 21.6. The maximum absolute atomic E-state index is 13.1. The second-order valence-electron chi connectivity index (χ2n) is 3.74. The number of pyridine rings is 1. The van der Waals surface area contributed by atoms with E-state index >= 15 is 0 Å². The van der Waals surface area contributed by atoms with Crippen molar-refractivity contribution in [2.24, 2.45) is 0 Å². The lowest BCUT2D eigenvalue weighted by Gasteiger charge is -2.05. The molecule has 0 saturated carbocycles. The predicted molar refractivity (Wildman–Crippen MR) is 62.1 cm³/mol. The molecule has 0 unspecified atom stereocenters. The summed E-state index contributed by atoms with van der Waals surface area (Å²) in [5.41, 5.74) is 4.30. The summed E-state index contributed by atoms with van der Waals surface area (Å²) in [4.78, 5) is 3.94. The molecular weight excluding hydrogens is 225 g/mol. The number of aromatic nitrogens is 3. The van der Waals surface area contributed by atoms with E-state index in [-0.39, 0.29) is 0 Å². The molecule has 5 heteroatoms. The normalized spacial score (nSPS) is 11.4. The minimum atomic E-state index is -0.461. The summed E-state index contributed by atoms with van der Waals surface area (Å²) in [6.07, 6.45) is 0. The molecule has 80 valence electrons. The molecule has 0 N–H and O–H groups in total. The number of rotatable bonds is 0. The van der Waals surface area contributed by atoms with E-state index in [9.17, 15) is 4.39 Å². The summed E-state index contributed by atoms with van der Waals surface area (Å²) >= 11 is 1.17. The second-order valence-corrected chi connectivity index (χ2v) is 4.27. The minimum Gasteiger partial charge on any atom is -0.219 e. The fourth-order valence-corrected chi connectivity index (χ4v) is 2.60. The van der Waals surface area contributed by atoms with E-state index < -0.39 is 5.95 Å². The molecule has 0 aliphatic heterocycles. The van der Waals surface area contributed by atoms with Gasteiger partial charge in [0, 0.05) is 10.9 Å². The van der Waals surface area contributed by atoms with Crippen molar-refractivity contribution in [2.45, 2.75) is 13.8 Å². The molecule has 1 aromatic carbocycles. The maximum Gasteiger partial charge on any atom is 0.213 e. The highest BCUT2D eigenvalue weighted by Crippen LogP contribution is 2.29. The third kappa shape index (κ3) is 1.15. The Morgan fingerprint density at radius 2 is 1.69 bits per heavy atom. The molecule has 0 atom stereocenters. The van der Waals surface area contributed by atoms with Gasteiger partial charge in [-0.05, 0) is 31.5 Å². The quantitative estimate of drug-likeness (QED) is 0.560. The molecule has 2 aromatic heterocycles. The number of aryl methyl sites for hydroxylation is 2. The molecule has 0 radical (unpaired) electrons. The third-order valence-electron chi connectivity index (χ3n) is 2.82. The van der Waals surface area contributed by atoms with Crippen molar-refractivity contribution in [1.82, 2.24) is 13.7 Å². The predicted octanol–water partition coefficient (Wildman–Crippen LogP) is 3.00. The van der Waals surface area contributed by atoms with Crippen molar-refractivity contribution in [3.05, 3.63) is 29.2 Å². The molecule has 0 aliphatic rings. The topological polar surface area (TPSA) is 38.7 Å². The first kappa shape index (κ1) is 9.59. The Hall–Kier alpha value is -1.62. The summed E-state index contributed by atoms with van der Waals surface area (Å²) in [5, 5.41) is 0.944. The standard InChI is InChI=1S/C11H8FN3S/c1-5-7-3-4-8(12)13-9(7)6(2)11-10(5)14-16-15-11/h3-4H,1-2H3. The molecule has 0 saturated heterocycles. The Labute approximate surface area is 95.3 Å². The van der Waals surface area contributed by atoms with E-state index in [1.54, 1.807) is 6.07 Å². The smallest absolute Gasteiger partial charge is 0.213 e. The molecule has 0 aliphatic carbocycles. The van der Waals surface area contributed by atoms with Gasteiger partial charge in [0.1, 0.15) is 11.0 Å². The van der Waals surface area contributed by atoms with Crippen LogP contribution in [0.1, 0.15) is 11.1 Å². The van der Waals surface area contributed by atoms with E-state index in [1.165, 1.54) is 17.8 Å². The molecule has 3 rings (SSSR count). The van der Waals surface area contributed by atoms with Crippen LogP contribution in [0.3, 0.4) is 0 Å². The fourth-order valence-electron chi connectivity index (χ4n) is 1.94. The third-order valence-corrected chi connectivity index (χ3v) is 3.35. The van der Waals surface area contributed by atoms with Gasteiger partial charge in [-0.15, -0.1) is 0 Å². The minimum absolute atomic E-state index is 0.461. The number of hydrogen-bond donors (Lipinski definition) is 0. The molecular formula is C11H8FN3S. The Morgan fingerprint density at radius 3 is 2.44 bits per heavy atom. The van der Waals surface area contributed by atoms with Crippen LogP contribution < -0.4 is 0 Å². The summed E-state index contributed by atoms with van der Waals surface area (Å²) in [6.45, 7) is 3.86. The second kappa shape index (κ2) is 3.18. The maximum atomic E-state index is 13.1. The highest BCUT2D eigenvalue weighted by molar-refractivity contribution is 7.00. The lowest BCUT2D eigenvalue weighted by Crippen LogP contribution is -1.92. The number of halogens is 1. The van der Waals surface area contributed by atoms with Crippen LogP contribution in [0.2, 0.25) is 0 Å². The van der Waals surface area contributed by atoms with Crippen molar-refractivity contribution in [2.75, 3.05) is 0 Å². The van der Waals surface area contributed by atoms with Crippen molar-refractivity contribution in [3.8, 4) is 0 Å². The lowest BCUT2D eigenvalue weighted by atomic mass is 10.0. The van der Waals surface area contributed by atoms with Gasteiger partial charge in [-0.2, -0.15) is 13.1 Å². The Bertz CT molecular complexity index is 705. The van der Waals surface area contributed by atoms with Gasteiger partial charge in [-0.3, -0.25) is 0 Å². The van der Waals surface area contributed by atoms with E-state index in [4.69, 9.17) is 0 Å². The zero-order chi connectivity index (χ0) is 11.3. The van der Waals surface area contributed by atoms with Crippen molar-refractivity contribution in [3.63, 3.8) is 0 Å².